The fourth-order valence-corrected chi connectivity index (χ4v) is 2.59. The molecule has 2 rings (SSSR count). The number of piperidine rings is 1. The van der Waals surface area contributed by atoms with Gasteiger partial charge >= 0.3 is 11.9 Å². The summed E-state index contributed by atoms with van der Waals surface area (Å²) < 4.78 is 6.29. The molecule has 0 saturated carbocycles. The van der Waals surface area contributed by atoms with E-state index in [1.165, 1.54) is 15.8 Å². The Morgan fingerprint density at radius 1 is 1.45 bits per heavy atom. The number of hydrogen-bond donors (Lipinski definition) is 1. The number of rotatable bonds is 4. The molecule has 1 unspecified atom stereocenters. The zero-order chi connectivity index (χ0) is 16.3. The first kappa shape index (κ1) is 16.0. The number of carboxylic acid groups (broad SMARTS) is 1. The number of esters is 1. The molecule has 0 bridgehead atoms. The number of carbonyl (C=O) groups is 3. The molecule has 1 N–H and O–H groups in total. The fourth-order valence-electron chi connectivity index (χ4n) is 2.59. The summed E-state index contributed by atoms with van der Waals surface area (Å²) in [7, 11) is 1.56. The van der Waals surface area contributed by atoms with E-state index in [4.69, 9.17) is 9.84 Å². The van der Waals surface area contributed by atoms with Crippen molar-refractivity contribution in [3.63, 3.8) is 0 Å². The van der Waals surface area contributed by atoms with E-state index in [1.807, 2.05) is 0 Å². The second-order valence-corrected chi connectivity index (χ2v) is 5.21. The van der Waals surface area contributed by atoms with Crippen molar-refractivity contribution < 1.29 is 24.2 Å². The second kappa shape index (κ2) is 6.59. The van der Waals surface area contributed by atoms with Gasteiger partial charge in [-0.3, -0.25) is 14.3 Å². The van der Waals surface area contributed by atoms with E-state index < -0.39 is 11.9 Å². The average Bonchev–Trinajstić information content (AvgIpc) is 2.89. The number of hydrogen-bond acceptors (Lipinski definition) is 5. The second-order valence-electron chi connectivity index (χ2n) is 5.21. The van der Waals surface area contributed by atoms with Gasteiger partial charge in [0.2, 0.25) is 0 Å². The van der Waals surface area contributed by atoms with E-state index in [0.29, 0.717) is 26.0 Å². The van der Waals surface area contributed by atoms with Gasteiger partial charge in [-0.15, -0.1) is 0 Å². The summed E-state index contributed by atoms with van der Waals surface area (Å²) in [5.41, 5.74) is -0.231. The quantitative estimate of drug-likeness (QED) is 0.814. The molecular formula is C14H19N3O5. The van der Waals surface area contributed by atoms with Crippen molar-refractivity contribution in [1.29, 1.82) is 0 Å². The maximum Gasteiger partial charge on any atom is 0.357 e. The van der Waals surface area contributed by atoms with Crippen molar-refractivity contribution in [3.05, 3.63) is 17.5 Å². The van der Waals surface area contributed by atoms with E-state index in [9.17, 15) is 14.4 Å². The zero-order valence-electron chi connectivity index (χ0n) is 12.6. The Hall–Kier alpha value is -2.38. The number of amides is 1. The highest BCUT2D eigenvalue weighted by molar-refractivity contribution is 6.03. The summed E-state index contributed by atoms with van der Waals surface area (Å²) in [5, 5.41) is 12.9. The monoisotopic (exact) mass is 309 g/mol. The molecule has 1 fully saturated rings. The van der Waals surface area contributed by atoms with Crippen molar-refractivity contribution in [2.45, 2.75) is 19.8 Å². The lowest BCUT2D eigenvalue weighted by Gasteiger charge is -2.31. The average molecular weight is 309 g/mol. The molecule has 0 radical (unpaired) electrons. The molecule has 120 valence electrons. The van der Waals surface area contributed by atoms with Gasteiger partial charge < -0.3 is 14.7 Å². The number of likely N-dealkylation sites (tertiary alicyclic amines) is 1. The maximum atomic E-state index is 12.5. The van der Waals surface area contributed by atoms with Gasteiger partial charge in [-0.25, -0.2) is 4.79 Å². The van der Waals surface area contributed by atoms with Gasteiger partial charge in [-0.1, -0.05) is 0 Å². The van der Waals surface area contributed by atoms with Gasteiger partial charge in [0.25, 0.3) is 5.91 Å². The Morgan fingerprint density at radius 3 is 2.82 bits per heavy atom. The lowest BCUT2D eigenvalue weighted by molar-refractivity contribution is -0.149. The molecule has 22 heavy (non-hydrogen) atoms. The number of aryl methyl sites for hydroxylation is 1. The van der Waals surface area contributed by atoms with Crippen LogP contribution >= 0.6 is 0 Å². The molecule has 0 spiro atoms. The third-order valence-electron chi connectivity index (χ3n) is 3.59. The Balaban J connectivity index is 2.15. The van der Waals surface area contributed by atoms with Gasteiger partial charge in [-0.2, -0.15) is 5.10 Å². The SMILES string of the molecule is CCOC(=O)C1CCCN(C(=O)c2cn(C)nc2C(=O)O)C1. The van der Waals surface area contributed by atoms with Crippen LogP contribution in [0, 0.1) is 5.92 Å². The van der Waals surface area contributed by atoms with Crippen LogP contribution in [0.2, 0.25) is 0 Å². The number of carbonyl (C=O) groups excluding carboxylic acids is 2. The topological polar surface area (TPSA) is 102 Å². The van der Waals surface area contributed by atoms with Gasteiger partial charge in [0, 0.05) is 26.3 Å². The largest absolute Gasteiger partial charge is 0.476 e. The van der Waals surface area contributed by atoms with E-state index in [1.54, 1.807) is 14.0 Å². The van der Waals surface area contributed by atoms with Crippen LogP contribution < -0.4 is 0 Å². The smallest absolute Gasteiger partial charge is 0.357 e. The van der Waals surface area contributed by atoms with Crippen LogP contribution in [0.1, 0.15) is 40.6 Å². The molecule has 1 amide bonds. The highest BCUT2D eigenvalue weighted by Crippen LogP contribution is 2.21. The molecule has 0 aromatic carbocycles. The number of carboxylic acids is 1. The highest BCUT2D eigenvalue weighted by Gasteiger charge is 2.32. The van der Waals surface area contributed by atoms with Crippen molar-refractivity contribution in [1.82, 2.24) is 14.7 Å². The van der Waals surface area contributed by atoms with Gasteiger partial charge in [0.1, 0.15) is 0 Å². The molecule has 1 aromatic heterocycles. The Morgan fingerprint density at radius 2 is 2.18 bits per heavy atom. The van der Waals surface area contributed by atoms with Crippen LogP contribution in [0.5, 0.6) is 0 Å². The first-order valence-electron chi connectivity index (χ1n) is 7.16. The van der Waals surface area contributed by atoms with Crippen molar-refractivity contribution in [3.8, 4) is 0 Å². The first-order valence-corrected chi connectivity index (χ1v) is 7.16. The fraction of sp³-hybridized carbons (Fsp3) is 0.571. The minimum atomic E-state index is -1.25. The van der Waals surface area contributed by atoms with E-state index in [0.717, 1.165) is 0 Å². The predicted octanol–water partition coefficient (Wildman–Crippen LogP) is 0.534. The molecule has 1 atom stereocenters. The Bertz CT molecular complexity index is 595. The Labute approximate surface area is 127 Å². The van der Waals surface area contributed by atoms with Crippen LogP contribution in [0.4, 0.5) is 0 Å². The van der Waals surface area contributed by atoms with Crippen LogP contribution in [0.15, 0.2) is 6.20 Å². The minimum absolute atomic E-state index is 0.0412. The van der Waals surface area contributed by atoms with Crippen LogP contribution in [0.3, 0.4) is 0 Å². The number of ether oxygens (including phenoxy) is 1. The van der Waals surface area contributed by atoms with Gasteiger partial charge in [0.05, 0.1) is 18.1 Å². The lowest BCUT2D eigenvalue weighted by atomic mass is 9.97. The molecule has 2 heterocycles. The molecule has 0 aliphatic carbocycles. The molecule has 1 saturated heterocycles. The van der Waals surface area contributed by atoms with E-state index in [2.05, 4.69) is 5.10 Å². The molecule has 1 aliphatic rings. The zero-order valence-corrected chi connectivity index (χ0v) is 12.6. The first-order chi connectivity index (χ1) is 10.4. The summed E-state index contributed by atoms with van der Waals surface area (Å²) in [6, 6.07) is 0. The van der Waals surface area contributed by atoms with Crippen molar-refractivity contribution in [2.24, 2.45) is 13.0 Å². The highest BCUT2D eigenvalue weighted by atomic mass is 16.5. The predicted molar refractivity (Wildman–Crippen MR) is 75.4 cm³/mol. The third-order valence-corrected chi connectivity index (χ3v) is 3.59. The molecule has 8 nitrogen and oxygen atoms in total. The lowest BCUT2D eigenvalue weighted by Crippen LogP contribution is -2.43. The molecular weight excluding hydrogens is 290 g/mol. The number of nitrogens with zero attached hydrogens (tertiary/aromatic N) is 3. The maximum absolute atomic E-state index is 12.5. The van der Waals surface area contributed by atoms with Gasteiger partial charge in [-0.05, 0) is 19.8 Å². The summed E-state index contributed by atoms with van der Waals surface area (Å²) >= 11 is 0. The van der Waals surface area contributed by atoms with Crippen LogP contribution in [0.25, 0.3) is 0 Å². The molecule has 1 aromatic rings. The van der Waals surface area contributed by atoms with Crippen LogP contribution in [-0.2, 0) is 16.6 Å². The van der Waals surface area contributed by atoms with Gasteiger partial charge in [0.15, 0.2) is 5.69 Å². The summed E-state index contributed by atoms with van der Waals surface area (Å²) in [6.45, 7) is 2.77. The summed E-state index contributed by atoms with van der Waals surface area (Å²) in [6.07, 6.45) is 2.74. The Kier molecular flexibility index (Phi) is 4.79. The van der Waals surface area contributed by atoms with Crippen LogP contribution in [-0.4, -0.2) is 57.3 Å². The number of aromatic nitrogens is 2. The van der Waals surface area contributed by atoms with E-state index in [-0.39, 0.29) is 29.7 Å². The molecule has 1 aliphatic heterocycles. The minimum Gasteiger partial charge on any atom is -0.476 e. The number of aromatic carboxylic acids is 1. The van der Waals surface area contributed by atoms with E-state index >= 15 is 0 Å². The standard InChI is InChI=1S/C14H19N3O5/c1-3-22-14(21)9-5-4-6-17(7-9)12(18)10-8-16(2)15-11(10)13(19)20/h8-9H,3-7H2,1-2H3,(H,19,20). The normalized spacial score (nSPS) is 18.1. The third kappa shape index (κ3) is 3.26. The summed E-state index contributed by atoms with van der Waals surface area (Å²) in [4.78, 5) is 37.0. The molecule has 8 heteroatoms. The van der Waals surface area contributed by atoms with Crippen molar-refractivity contribution in [2.75, 3.05) is 19.7 Å². The summed E-state index contributed by atoms with van der Waals surface area (Å²) in [5.74, 6) is -2.34. The van der Waals surface area contributed by atoms with Crippen molar-refractivity contribution >= 4 is 17.8 Å².